The molecule has 0 bridgehead atoms. The fourth-order valence-electron chi connectivity index (χ4n) is 2.13. The zero-order valence-electron chi connectivity index (χ0n) is 8.73. The number of nitrogens with two attached hydrogens (primary N) is 1. The molecule has 14 heavy (non-hydrogen) atoms. The molecule has 76 valence electrons. The second kappa shape index (κ2) is 3.06. The highest BCUT2D eigenvalue weighted by molar-refractivity contribution is 5.42. The summed E-state index contributed by atoms with van der Waals surface area (Å²) in [6.45, 7) is 4.34. The Morgan fingerprint density at radius 3 is 2.36 bits per heavy atom. The molecule has 2 heteroatoms. The summed E-state index contributed by atoms with van der Waals surface area (Å²) in [5, 5.41) is 0. The summed E-state index contributed by atoms with van der Waals surface area (Å²) >= 11 is 0. The van der Waals surface area contributed by atoms with Gasteiger partial charge < -0.3 is 5.73 Å². The molecule has 0 aliphatic heterocycles. The minimum Gasteiger partial charge on any atom is -0.330 e. The van der Waals surface area contributed by atoms with Crippen LogP contribution in [0, 0.1) is 19.7 Å². The number of halogens is 1. The largest absolute Gasteiger partial charge is 0.330 e. The van der Waals surface area contributed by atoms with Crippen molar-refractivity contribution in [2.45, 2.75) is 32.1 Å². The van der Waals surface area contributed by atoms with Crippen molar-refractivity contribution < 1.29 is 4.39 Å². The van der Waals surface area contributed by atoms with Crippen LogP contribution in [-0.2, 0) is 5.41 Å². The molecule has 2 N–H and O–H groups in total. The van der Waals surface area contributed by atoms with E-state index in [0.29, 0.717) is 6.54 Å². The molecule has 0 unspecified atom stereocenters. The Bertz CT molecular complexity index is 367. The molecule has 1 saturated carbocycles. The number of benzene rings is 1. The predicted octanol–water partition coefficient (Wildman–Crippen LogP) is 2.43. The zero-order chi connectivity index (χ0) is 10.3. The Morgan fingerprint density at radius 1 is 1.29 bits per heavy atom. The molecule has 2 rings (SSSR count). The molecule has 1 aromatic rings. The van der Waals surface area contributed by atoms with E-state index in [9.17, 15) is 4.39 Å². The molecule has 0 heterocycles. The zero-order valence-corrected chi connectivity index (χ0v) is 8.73. The summed E-state index contributed by atoms with van der Waals surface area (Å²) in [5.74, 6) is -0.0482. The quantitative estimate of drug-likeness (QED) is 0.767. The van der Waals surface area contributed by atoms with Crippen LogP contribution in [0.3, 0.4) is 0 Å². The lowest BCUT2D eigenvalue weighted by Crippen LogP contribution is -2.22. The molecule has 1 fully saturated rings. The van der Waals surface area contributed by atoms with Crippen LogP contribution in [0.5, 0.6) is 0 Å². The van der Waals surface area contributed by atoms with Gasteiger partial charge in [0.25, 0.3) is 0 Å². The molecule has 1 aromatic carbocycles. The minimum atomic E-state index is -0.0482. The number of aryl methyl sites for hydroxylation is 2. The van der Waals surface area contributed by atoms with Crippen molar-refractivity contribution in [1.82, 2.24) is 0 Å². The van der Waals surface area contributed by atoms with Crippen molar-refractivity contribution >= 4 is 0 Å². The topological polar surface area (TPSA) is 26.0 Å². The summed E-state index contributed by atoms with van der Waals surface area (Å²) < 4.78 is 13.9. The highest BCUT2D eigenvalue weighted by atomic mass is 19.1. The smallest absolute Gasteiger partial charge is 0.130 e. The molecule has 0 aromatic heterocycles. The SMILES string of the molecule is Cc1ccc(C)c(C2(CN)CC2)c1F. The van der Waals surface area contributed by atoms with Crippen molar-refractivity contribution in [3.8, 4) is 0 Å². The van der Waals surface area contributed by atoms with Crippen molar-refractivity contribution in [1.29, 1.82) is 0 Å². The van der Waals surface area contributed by atoms with Crippen molar-refractivity contribution in [2.75, 3.05) is 6.54 Å². The fraction of sp³-hybridized carbons (Fsp3) is 0.500. The summed E-state index contributed by atoms with van der Waals surface area (Å²) in [4.78, 5) is 0. The van der Waals surface area contributed by atoms with Gasteiger partial charge in [0, 0.05) is 12.0 Å². The third-order valence-electron chi connectivity index (χ3n) is 3.32. The monoisotopic (exact) mass is 193 g/mol. The lowest BCUT2D eigenvalue weighted by Gasteiger charge is -2.18. The molecule has 0 radical (unpaired) electrons. The van der Waals surface area contributed by atoms with E-state index in [0.717, 1.165) is 29.5 Å². The van der Waals surface area contributed by atoms with Crippen LogP contribution in [0.1, 0.15) is 29.5 Å². The molecule has 1 nitrogen and oxygen atoms in total. The van der Waals surface area contributed by atoms with Gasteiger partial charge in [-0.25, -0.2) is 4.39 Å². The molecule has 1 aliphatic rings. The standard InChI is InChI=1S/C12H16FN/c1-8-3-4-9(2)11(13)10(8)12(7-14)5-6-12/h3-4H,5-7,14H2,1-2H3. The Labute approximate surface area is 84.1 Å². The third-order valence-corrected chi connectivity index (χ3v) is 3.32. The number of hydrogen-bond donors (Lipinski definition) is 1. The molecule has 0 amide bonds. The molecule has 1 aliphatic carbocycles. The molecule has 0 spiro atoms. The highest BCUT2D eigenvalue weighted by Crippen LogP contribution is 2.49. The highest BCUT2D eigenvalue weighted by Gasteiger charge is 2.45. The number of rotatable bonds is 2. The maximum absolute atomic E-state index is 13.9. The van der Waals surface area contributed by atoms with Crippen LogP contribution in [-0.4, -0.2) is 6.54 Å². The first-order valence-electron chi connectivity index (χ1n) is 5.07. The van der Waals surface area contributed by atoms with Gasteiger partial charge in [0.2, 0.25) is 0 Å². The lowest BCUT2D eigenvalue weighted by atomic mass is 9.90. The van der Waals surface area contributed by atoms with Gasteiger partial charge in [-0.15, -0.1) is 0 Å². The van der Waals surface area contributed by atoms with Crippen molar-refractivity contribution in [3.05, 3.63) is 34.6 Å². The Kier molecular flexibility index (Phi) is 2.11. The van der Waals surface area contributed by atoms with E-state index in [-0.39, 0.29) is 11.2 Å². The minimum absolute atomic E-state index is 0.0415. The maximum atomic E-state index is 13.9. The van der Waals surface area contributed by atoms with E-state index in [1.165, 1.54) is 0 Å². The average Bonchev–Trinajstić information content (AvgIpc) is 2.93. The average molecular weight is 193 g/mol. The summed E-state index contributed by atoms with van der Waals surface area (Å²) in [5.41, 5.74) is 8.31. The third kappa shape index (κ3) is 1.25. The van der Waals surface area contributed by atoms with Crippen LogP contribution in [0.25, 0.3) is 0 Å². The normalized spacial score (nSPS) is 18.3. The van der Waals surface area contributed by atoms with Gasteiger partial charge in [-0.05, 0) is 43.4 Å². The first-order chi connectivity index (χ1) is 6.60. The molecular formula is C12H16FN. The van der Waals surface area contributed by atoms with E-state index in [1.54, 1.807) is 0 Å². The second-order valence-electron chi connectivity index (χ2n) is 4.37. The van der Waals surface area contributed by atoms with E-state index in [1.807, 2.05) is 26.0 Å². The van der Waals surface area contributed by atoms with Gasteiger partial charge in [-0.2, -0.15) is 0 Å². The van der Waals surface area contributed by atoms with Crippen LogP contribution in [0.15, 0.2) is 12.1 Å². The fourth-order valence-corrected chi connectivity index (χ4v) is 2.13. The first kappa shape index (κ1) is 9.66. The van der Waals surface area contributed by atoms with E-state index >= 15 is 0 Å². The van der Waals surface area contributed by atoms with E-state index in [2.05, 4.69) is 0 Å². The number of hydrogen-bond acceptors (Lipinski definition) is 1. The van der Waals surface area contributed by atoms with Gasteiger partial charge in [0.1, 0.15) is 5.82 Å². The van der Waals surface area contributed by atoms with Gasteiger partial charge in [-0.3, -0.25) is 0 Å². The van der Waals surface area contributed by atoms with Gasteiger partial charge in [0.15, 0.2) is 0 Å². The Balaban J connectivity index is 2.57. The van der Waals surface area contributed by atoms with Crippen LogP contribution < -0.4 is 5.73 Å². The van der Waals surface area contributed by atoms with Gasteiger partial charge >= 0.3 is 0 Å². The predicted molar refractivity (Wildman–Crippen MR) is 55.8 cm³/mol. The maximum Gasteiger partial charge on any atom is 0.130 e. The molecular weight excluding hydrogens is 177 g/mol. The van der Waals surface area contributed by atoms with E-state index in [4.69, 9.17) is 5.73 Å². The van der Waals surface area contributed by atoms with Gasteiger partial charge in [-0.1, -0.05) is 12.1 Å². The Hall–Kier alpha value is -0.890. The van der Waals surface area contributed by atoms with Gasteiger partial charge in [0.05, 0.1) is 0 Å². The van der Waals surface area contributed by atoms with Crippen LogP contribution >= 0.6 is 0 Å². The van der Waals surface area contributed by atoms with E-state index < -0.39 is 0 Å². The first-order valence-corrected chi connectivity index (χ1v) is 5.07. The molecule has 0 atom stereocenters. The lowest BCUT2D eigenvalue weighted by molar-refractivity contribution is 0.563. The summed E-state index contributed by atoms with van der Waals surface area (Å²) in [6.07, 6.45) is 2.06. The second-order valence-corrected chi connectivity index (χ2v) is 4.37. The summed E-state index contributed by atoms with van der Waals surface area (Å²) in [6, 6.07) is 3.82. The van der Waals surface area contributed by atoms with Crippen LogP contribution in [0.4, 0.5) is 4.39 Å². The van der Waals surface area contributed by atoms with Crippen LogP contribution in [0.2, 0.25) is 0 Å². The molecule has 0 saturated heterocycles. The van der Waals surface area contributed by atoms with Crippen molar-refractivity contribution in [2.24, 2.45) is 5.73 Å². The Morgan fingerprint density at radius 2 is 1.86 bits per heavy atom. The summed E-state index contributed by atoms with van der Waals surface area (Å²) in [7, 11) is 0. The van der Waals surface area contributed by atoms with Crippen molar-refractivity contribution in [3.63, 3.8) is 0 Å².